The molecule has 0 bridgehead atoms. The number of fused-ring (bicyclic) bond motifs is 1. The number of rotatable bonds is 7. The monoisotopic (exact) mass is 518 g/mol. The first kappa shape index (κ1) is 23.7. The van der Waals surface area contributed by atoms with Gasteiger partial charge in [0, 0.05) is 17.0 Å². The molecule has 2 aromatic heterocycles. The summed E-state index contributed by atoms with van der Waals surface area (Å²) in [5.41, 5.74) is 2.30. The lowest BCUT2D eigenvalue weighted by atomic mass is 10.2. The molecule has 7 nitrogen and oxygen atoms in total. The van der Waals surface area contributed by atoms with Gasteiger partial charge in [-0.15, -0.1) is 11.3 Å². The van der Waals surface area contributed by atoms with Crippen LogP contribution >= 0.6 is 23.1 Å². The van der Waals surface area contributed by atoms with Gasteiger partial charge in [0.25, 0.3) is 5.56 Å². The van der Waals surface area contributed by atoms with Gasteiger partial charge in [-0.05, 0) is 48.5 Å². The summed E-state index contributed by atoms with van der Waals surface area (Å²) in [6.45, 7) is 0. The Kier molecular flexibility index (Phi) is 6.79. The zero-order chi connectivity index (χ0) is 25.1. The minimum absolute atomic E-state index is 0.0141. The minimum Gasteiger partial charge on any atom is -0.497 e. The number of aromatic nitrogens is 3. The molecule has 0 aliphatic rings. The van der Waals surface area contributed by atoms with Crippen LogP contribution in [-0.4, -0.2) is 33.3 Å². The van der Waals surface area contributed by atoms with E-state index in [1.165, 1.54) is 28.0 Å². The van der Waals surface area contributed by atoms with Gasteiger partial charge in [-0.25, -0.2) is 14.4 Å². The molecule has 0 saturated carbocycles. The van der Waals surface area contributed by atoms with Crippen molar-refractivity contribution >= 4 is 45.0 Å². The van der Waals surface area contributed by atoms with Crippen molar-refractivity contribution in [2.24, 2.45) is 0 Å². The average Bonchev–Trinajstić information content (AvgIpc) is 3.36. The molecule has 0 atom stereocenters. The number of methoxy groups -OCH3 is 1. The highest BCUT2D eigenvalue weighted by Crippen LogP contribution is 2.26. The van der Waals surface area contributed by atoms with Crippen LogP contribution in [0.15, 0.2) is 88.1 Å². The van der Waals surface area contributed by atoms with E-state index in [0.29, 0.717) is 38.3 Å². The van der Waals surface area contributed by atoms with E-state index in [0.717, 1.165) is 17.3 Å². The largest absolute Gasteiger partial charge is 0.497 e. The van der Waals surface area contributed by atoms with Gasteiger partial charge in [0.1, 0.15) is 11.6 Å². The highest BCUT2D eigenvalue weighted by Gasteiger charge is 2.16. The molecule has 0 aliphatic carbocycles. The van der Waals surface area contributed by atoms with E-state index in [4.69, 9.17) is 4.74 Å². The molecule has 3 aromatic carbocycles. The zero-order valence-electron chi connectivity index (χ0n) is 19.0. The first-order valence-corrected chi connectivity index (χ1v) is 12.7. The van der Waals surface area contributed by atoms with Crippen molar-refractivity contribution in [1.29, 1.82) is 0 Å². The van der Waals surface area contributed by atoms with E-state index < -0.39 is 0 Å². The number of thiazole rings is 1. The van der Waals surface area contributed by atoms with Crippen molar-refractivity contribution in [1.82, 2.24) is 14.5 Å². The highest BCUT2D eigenvalue weighted by molar-refractivity contribution is 7.99. The summed E-state index contributed by atoms with van der Waals surface area (Å²) in [6.07, 6.45) is 0. The lowest BCUT2D eigenvalue weighted by Gasteiger charge is -2.14. The Labute approximate surface area is 213 Å². The molecule has 1 amide bonds. The second-order valence-corrected chi connectivity index (χ2v) is 9.44. The molecular weight excluding hydrogens is 499 g/mol. The molecule has 0 spiro atoms. The van der Waals surface area contributed by atoms with Gasteiger partial charge in [-0.2, -0.15) is 0 Å². The number of benzene rings is 3. The number of carbonyl (C=O) groups excluding carboxylic acids is 1. The fraction of sp³-hybridized carbons (Fsp3) is 0.0769. The van der Waals surface area contributed by atoms with E-state index in [1.54, 1.807) is 67.1 Å². The Hall–Kier alpha value is -4.02. The lowest BCUT2D eigenvalue weighted by Crippen LogP contribution is -2.23. The van der Waals surface area contributed by atoms with E-state index >= 15 is 0 Å². The van der Waals surface area contributed by atoms with Gasteiger partial charge in [-0.1, -0.05) is 30.0 Å². The number of carbonyl (C=O) groups is 1. The number of hydrogen-bond acceptors (Lipinski definition) is 7. The molecule has 0 fully saturated rings. The fourth-order valence-corrected chi connectivity index (χ4v) is 5.10. The predicted octanol–water partition coefficient (Wildman–Crippen LogP) is 5.39. The second-order valence-electron chi connectivity index (χ2n) is 7.64. The van der Waals surface area contributed by atoms with Gasteiger partial charge in [0.05, 0.1) is 35.1 Å². The van der Waals surface area contributed by atoms with Crippen LogP contribution in [0.2, 0.25) is 0 Å². The fourth-order valence-electron chi connectivity index (χ4n) is 3.56. The van der Waals surface area contributed by atoms with Gasteiger partial charge in [0.2, 0.25) is 5.91 Å². The predicted molar refractivity (Wildman–Crippen MR) is 141 cm³/mol. The van der Waals surface area contributed by atoms with E-state index in [2.05, 4.69) is 15.3 Å². The number of para-hydroxylation sites is 1. The molecule has 2 heterocycles. The van der Waals surface area contributed by atoms with E-state index in [-0.39, 0.29) is 23.0 Å². The first-order chi connectivity index (χ1) is 17.5. The Bertz CT molecular complexity index is 1620. The number of hydrogen-bond donors (Lipinski definition) is 1. The molecule has 5 aromatic rings. The third kappa shape index (κ3) is 5.00. The van der Waals surface area contributed by atoms with Crippen LogP contribution in [0.4, 0.5) is 9.52 Å². The Morgan fingerprint density at radius 2 is 1.89 bits per heavy atom. The van der Waals surface area contributed by atoms with Crippen LogP contribution in [0, 0.1) is 5.82 Å². The number of amides is 1. The summed E-state index contributed by atoms with van der Waals surface area (Å²) >= 11 is 2.43. The van der Waals surface area contributed by atoms with Gasteiger partial charge >= 0.3 is 0 Å². The van der Waals surface area contributed by atoms with Crippen molar-refractivity contribution in [2.45, 2.75) is 5.16 Å². The van der Waals surface area contributed by atoms with Crippen LogP contribution in [0.3, 0.4) is 0 Å². The molecule has 180 valence electrons. The van der Waals surface area contributed by atoms with Crippen LogP contribution in [-0.2, 0) is 4.79 Å². The Morgan fingerprint density at radius 3 is 2.69 bits per heavy atom. The first-order valence-electron chi connectivity index (χ1n) is 10.8. The Morgan fingerprint density at radius 1 is 1.08 bits per heavy atom. The third-order valence-electron chi connectivity index (χ3n) is 5.28. The van der Waals surface area contributed by atoms with Crippen LogP contribution in [0.1, 0.15) is 0 Å². The average molecular weight is 519 g/mol. The third-order valence-corrected chi connectivity index (χ3v) is 6.98. The zero-order valence-corrected chi connectivity index (χ0v) is 20.6. The van der Waals surface area contributed by atoms with E-state index in [9.17, 15) is 14.0 Å². The summed E-state index contributed by atoms with van der Waals surface area (Å²) in [7, 11) is 1.56. The molecule has 1 N–H and O–H groups in total. The summed E-state index contributed by atoms with van der Waals surface area (Å²) in [5, 5.41) is 5.86. The van der Waals surface area contributed by atoms with Gasteiger partial charge in [0.15, 0.2) is 10.3 Å². The van der Waals surface area contributed by atoms with Gasteiger partial charge < -0.3 is 10.1 Å². The highest BCUT2D eigenvalue weighted by atomic mass is 32.2. The maximum atomic E-state index is 13.4. The summed E-state index contributed by atoms with van der Waals surface area (Å²) in [4.78, 5) is 35.2. The topological polar surface area (TPSA) is 86.1 Å². The summed E-state index contributed by atoms with van der Waals surface area (Å²) in [5.74, 6) is -0.00364. The molecule has 0 radical (unpaired) electrons. The molecule has 10 heteroatoms. The van der Waals surface area contributed by atoms with Crippen LogP contribution in [0.25, 0.3) is 27.8 Å². The number of halogens is 1. The van der Waals surface area contributed by atoms with Crippen molar-refractivity contribution < 1.29 is 13.9 Å². The van der Waals surface area contributed by atoms with Crippen molar-refractivity contribution in [2.75, 3.05) is 18.2 Å². The standard InChI is InChI=1S/C26H19FN4O3S2/c1-34-19-6-4-5-18(13-19)31-24(33)20-7-2-3-8-21(20)29-26(31)36-15-23(32)30-25-28-22(14-35-25)16-9-11-17(27)12-10-16/h2-14H,15H2,1H3,(H,28,30,32). The van der Waals surface area contributed by atoms with Crippen molar-refractivity contribution in [3.8, 4) is 22.7 Å². The van der Waals surface area contributed by atoms with Crippen LogP contribution in [0.5, 0.6) is 5.75 Å². The van der Waals surface area contributed by atoms with Crippen molar-refractivity contribution in [3.63, 3.8) is 0 Å². The number of nitrogens with one attached hydrogen (secondary N) is 1. The minimum atomic E-state index is -0.325. The maximum absolute atomic E-state index is 13.4. The second kappa shape index (κ2) is 10.3. The molecule has 36 heavy (non-hydrogen) atoms. The SMILES string of the molecule is COc1cccc(-n2c(SCC(=O)Nc3nc(-c4ccc(F)cc4)cs3)nc3ccccc3c2=O)c1. The molecule has 0 saturated heterocycles. The molecule has 0 aliphatic heterocycles. The maximum Gasteiger partial charge on any atom is 0.266 e. The number of anilines is 1. The molecule has 0 unspecified atom stereocenters. The number of nitrogens with zero attached hydrogens (tertiary/aromatic N) is 3. The quantitative estimate of drug-likeness (QED) is 0.230. The molecular formula is C26H19FN4O3S2. The van der Waals surface area contributed by atoms with Gasteiger partial charge in [-0.3, -0.25) is 14.2 Å². The summed E-state index contributed by atoms with van der Waals surface area (Å²) < 4.78 is 20.0. The summed E-state index contributed by atoms with van der Waals surface area (Å²) in [6, 6.07) is 20.2. The normalized spacial score (nSPS) is 10.9. The lowest BCUT2D eigenvalue weighted by molar-refractivity contribution is -0.113. The Balaban J connectivity index is 1.39. The number of ether oxygens (including phenoxy) is 1. The molecule has 5 rings (SSSR count). The number of thioether (sulfide) groups is 1. The van der Waals surface area contributed by atoms with Crippen molar-refractivity contribution in [3.05, 3.63) is 94.3 Å². The smallest absolute Gasteiger partial charge is 0.266 e. The van der Waals surface area contributed by atoms with Crippen LogP contribution < -0.4 is 15.6 Å². The van der Waals surface area contributed by atoms with E-state index in [1.807, 2.05) is 6.07 Å².